The standard InChI is InChI=1S/C13H14BrFN2O3/c1-6-7(4-16)10(11(19)9(15)8(6)14)17-12(20)13(2,3)5-18/h18-19H,5H2,1-3H3,(H,17,20). The molecular weight excluding hydrogens is 331 g/mol. The minimum Gasteiger partial charge on any atom is -0.503 e. The van der Waals surface area contributed by atoms with Crippen molar-refractivity contribution in [1.29, 1.82) is 5.26 Å². The highest BCUT2D eigenvalue weighted by molar-refractivity contribution is 9.10. The summed E-state index contributed by atoms with van der Waals surface area (Å²) in [6.45, 7) is 4.01. The molecule has 0 radical (unpaired) electrons. The van der Waals surface area contributed by atoms with Crippen molar-refractivity contribution in [2.75, 3.05) is 11.9 Å². The van der Waals surface area contributed by atoms with Crippen LogP contribution in [0.15, 0.2) is 4.47 Å². The van der Waals surface area contributed by atoms with E-state index < -0.39 is 29.5 Å². The van der Waals surface area contributed by atoms with Gasteiger partial charge >= 0.3 is 0 Å². The minimum atomic E-state index is -1.13. The second kappa shape index (κ2) is 5.77. The number of aliphatic hydroxyl groups is 1. The molecule has 1 rings (SSSR count). The van der Waals surface area contributed by atoms with E-state index in [1.165, 1.54) is 20.8 Å². The number of halogens is 2. The Morgan fingerprint density at radius 3 is 2.55 bits per heavy atom. The monoisotopic (exact) mass is 344 g/mol. The lowest BCUT2D eigenvalue weighted by Gasteiger charge is -2.22. The Bertz CT molecular complexity index is 609. The maximum absolute atomic E-state index is 13.8. The molecule has 0 saturated heterocycles. The van der Waals surface area contributed by atoms with E-state index in [4.69, 9.17) is 10.4 Å². The van der Waals surface area contributed by atoms with Crippen molar-refractivity contribution in [3.05, 3.63) is 21.4 Å². The Labute approximate surface area is 124 Å². The highest BCUT2D eigenvalue weighted by Gasteiger charge is 2.30. The first-order chi connectivity index (χ1) is 9.17. The van der Waals surface area contributed by atoms with Crippen LogP contribution in [0.4, 0.5) is 10.1 Å². The number of amides is 1. The molecule has 1 aromatic carbocycles. The number of phenolic OH excluding ortho intramolecular Hbond substituents is 1. The van der Waals surface area contributed by atoms with Crippen molar-refractivity contribution in [3.8, 4) is 11.8 Å². The number of hydrogen-bond acceptors (Lipinski definition) is 4. The Balaban J connectivity index is 3.41. The van der Waals surface area contributed by atoms with Crippen molar-refractivity contribution in [2.45, 2.75) is 20.8 Å². The summed E-state index contributed by atoms with van der Waals surface area (Å²) in [6.07, 6.45) is 0. The molecule has 108 valence electrons. The average Bonchev–Trinajstić information content (AvgIpc) is 2.42. The molecule has 0 spiro atoms. The Morgan fingerprint density at radius 2 is 2.10 bits per heavy atom. The van der Waals surface area contributed by atoms with Crippen LogP contribution in [0, 0.1) is 29.5 Å². The predicted molar refractivity (Wildman–Crippen MR) is 74.7 cm³/mol. The molecule has 0 bridgehead atoms. The van der Waals surface area contributed by atoms with Gasteiger partial charge in [0.15, 0.2) is 11.6 Å². The van der Waals surface area contributed by atoms with Gasteiger partial charge < -0.3 is 15.5 Å². The first-order valence-corrected chi connectivity index (χ1v) is 6.49. The third-order valence-electron chi connectivity index (χ3n) is 2.95. The SMILES string of the molecule is Cc1c(Br)c(F)c(O)c(NC(=O)C(C)(C)CO)c1C#N. The molecule has 0 aliphatic heterocycles. The van der Waals surface area contributed by atoms with Crippen LogP contribution in [0.25, 0.3) is 0 Å². The third-order valence-corrected chi connectivity index (χ3v) is 3.89. The van der Waals surface area contributed by atoms with Crippen LogP contribution in [0.5, 0.6) is 5.75 Å². The molecule has 0 heterocycles. The summed E-state index contributed by atoms with van der Waals surface area (Å²) in [5, 5.41) is 30.3. The number of benzene rings is 1. The summed E-state index contributed by atoms with van der Waals surface area (Å²) in [4.78, 5) is 12.0. The summed E-state index contributed by atoms with van der Waals surface area (Å²) >= 11 is 2.94. The maximum Gasteiger partial charge on any atom is 0.232 e. The van der Waals surface area contributed by atoms with Gasteiger partial charge in [-0.05, 0) is 42.3 Å². The molecule has 0 saturated carbocycles. The quantitative estimate of drug-likeness (QED) is 0.734. The molecule has 7 heteroatoms. The van der Waals surface area contributed by atoms with Crippen LogP contribution in [0.2, 0.25) is 0 Å². The van der Waals surface area contributed by atoms with E-state index >= 15 is 0 Å². The first kappa shape index (κ1) is 16.4. The Kier molecular flexibility index (Phi) is 4.73. The molecule has 5 nitrogen and oxygen atoms in total. The molecule has 0 unspecified atom stereocenters. The number of carbonyl (C=O) groups is 1. The van der Waals surface area contributed by atoms with E-state index in [1.807, 2.05) is 6.07 Å². The van der Waals surface area contributed by atoms with Crippen LogP contribution in [-0.2, 0) is 4.79 Å². The van der Waals surface area contributed by atoms with Crippen LogP contribution >= 0.6 is 15.9 Å². The van der Waals surface area contributed by atoms with E-state index in [1.54, 1.807) is 0 Å². The van der Waals surface area contributed by atoms with Crippen molar-refractivity contribution < 1.29 is 19.4 Å². The van der Waals surface area contributed by atoms with E-state index in [0.717, 1.165) is 0 Å². The van der Waals surface area contributed by atoms with Gasteiger partial charge in [0, 0.05) is 0 Å². The van der Waals surface area contributed by atoms with E-state index in [9.17, 15) is 14.3 Å². The zero-order chi connectivity index (χ0) is 15.7. The van der Waals surface area contributed by atoms with Crippen molar-refractivity contribution in [2.24, 2.45) is 5.41 Å². The highest BCUT2D eigenvalue weighted by atomic mass is 79.9. The van der Waals surface area contributed by atoms with Gasteiger partial charge in [0.2, 0.25) is 5.91 Å². The van der Waals surface area contributed by atoms with Crippen LogP contribution < -0.4 is 5.32 Å². The van der Waals surface area contributed by atoms with Gasteiger partial charge in [0.1, 0.15) is 11.8 Å². The minimum absolute atomic E-state index is 0.0361. The van der Waals surface area contributed by atoms with Crippen LogP contribution in [-0.4, -0.2) is 22.7 Å². The number of hydrogen-bond donors (Lipinski definition) is 3. The van der Waals surface area contributed by atoms with Gasteiger partial charge in [-0.15, -0.1) is 0 Å². The van der Waals surface area contributed by atoms with Crippen molar-refractivity contribution in [1.82, 2.24) is 0 Å². The number of phenols is 1. The Morgan fingerprint density at radius 1 is 1.55 bits per heavy atom. The highest BCUT2D eigenvalue weighted by Crippen LogP contribution is 2.39. The lowest BCUT2D eigenvalue weighted by molar-refractivity contribution is -0.125. The fourth-order valence-corrected chi connectivity index (χ4v) is 1.80. The zero-order valence-corrected chi connectivity index (χ0v) is 12.8. The summed E-state index contributed by atoms with van der Waals surface area (Å²) < 4.78 is 13.8. The van der Waals surface area contributed by atoms with Gasteiger partial charge in [0.05, 0.1) is 22.1 Å². The van der Waals surface area contributed by atoms with Crippen LogP contribution in [0.3, 0.4) is 0 Å². The lowest BCUT2D eigenvalue weighted by Crippen LogP contribution is -2.34. The molecule has 0 aromatic heterocycles. The maximum atomic E-state index is 13.8. The fourth-order valence-electron chi connectivity index (χ4n) is 1.41. The molecule has 20 heavy (non-hydrogen) atoms. The molecule has 0 fully saturated rings. The molecule has 1 amide bonds. The summed E-state index contributed by atoms with van der Waals surface area (Å²) in [6, 6.07) is 1.81. The number of anilines is 1. The number of aliphatic hydroxyl groups excluding tert-OH is 1. The summed E-state index contributed by atoms with van der Waals surface area (Å²) in [5.74, 6) is -2.41. The van der Waals surface area contributed by atoms with Gasteiger partial charge in [-0.1, -0.05) is 0 Å². The number of carbonyl (C=O) groups excluding carboxylic acids is 1. The second-order valence-electron chi connectivity index (χ2n) is 4.96. The van der Waals surface area contributed by atoms with E-state index in [2.05, 4.69) is 21.2 Å². The summed E-state index contributed by atoms with van der Waals surface area (Å²) in [7, 11) is 0. The normalized spacial score (nSPS) is 11.1. The van der Waals surface area contributed by atoms with Gasteiger partial charge in [-0.3, -0.25) is 4.79 Å². The number of nitrogens with zero attached hydrogens (tertiary/aromatic N) is 1. The van der Waals surface area contributed by atoms with E-state index in [0.29, 0.717) is 0 Å². The van der Waals surface area contributed by atoms with Gasteiger partial charge in [-0.25, -0.2) is 4.39 Å². The first-order valence-electron chi connectivity index (χ1n) is 5.70. The molecule has 0 aliphatic rings. The molecular formula is C13H14BrFN2O3. The topological polar surface area (TPSA) is 93.3 Å². The predicted octanol–water partition coefficient (Wildman–Crippen LogP) is 2.43. The summed E-state index contributed by atoms with van der Waals surface area (Å²) in [5.41, 5.74) is -1.20. The smallest absolute Gasteiger partial charge is 0.232 e. The molecule has 3 N–H and O–H groups in total. The van der Waals surface area contributed by atoms with E-state index in [-0.39, 0.29) is 21.3 Å². The third kappa shape index (κ3) is 2.76. The van der Waals surface area contributed by atoms with Crippen molar-refractivity contribution in [3.63, 3.8) is 0 Å². The number of rotatable bonds is 3. The van der Waals surface area contributed by atoms with Gasteiger partial charge in [0.25, 0.3) is 0 Å². The molecule has 1 aromatic rings. The zero-order valence-electron chi connectivity index (χ0n) is 11.2. The Hall–Kier alpha value is -1.65. The van der Waals surface area contributed by atoms with Crippen molar-refractivity contribution >= 4 is 27.5 Å². The molecule has 0 atom stereocenters. The number of aromatic hydroxyl groups is 1. The lowest BCUT2D eigenvalue weighted by atomic mass is 9.93. The largest absolute Gasteiger partial charge is 0.503 e. The average molecular weight is 345 g/mol. The molecule has 0 aliphatic carbocycles. The van der Waals surface area contributed by atoms with Crippen LogP contribution in [0.1, 0.15) is 25.0 Å². The fraction of sp³-hybridized carbons (Fsp3) is 0.385. The van der Waals surface area contributed by atoms with Gasteiger partial charge in [-0.2, -0.15) is 5.26 Å². The number of nitriles is 1. The second-order valence-corrected chi connectivity index (χ2v) is 5.75. The number of nitrogens with one attached hydrogen (secondary N) is 1.